The average molecular weight is 444 g/mol. The lowest BCUT2D eigenvalue weighted by Crippen LogP contribution is -2.30. The van der Waals surface area contributed by atoms with Gasteiger partial charge in [0.25, 0.3) is 0 Å². The SMILES string of the molecule is CCC[C@@H](CC)NP(=O)(OCC(Cl)(Cl)Cl)OCC(Cl)(Cl)Cl. The minimum absolute atomic E-state index is 0.0911. The molecule has 0 saturated heterocycles. The van der Waals surface area contributed by atoms with E-state index in [1.807, 2.05) is 13.8 Å². The van der Waals surface area contributed by atoms with Gasteiger partial charge >= 0.3 is 7.75 Å². The van der Waals surface area contributed by atoms with Crippen LogP contribution in [0.4, 0.5) is 0 Å². The fourth-order valence-electron chi connectivity index (χ4n) is 1.36. The highest BCUT2D eigenvalue weighted by Gasteiger charge is 2.35. The normalized spacial score (nSPS) is 15.2. The van der Waals surface area contributed by atoms with Crippen molar-refractivity contribution in [3.05, 3.63) is 0 Å². The summed E-state index contributed by atoms with van der Waals surface area (Å²) in [5, 5.41) is 2.79. The van der Waals surface area contributed by atoms with Crippen molar-refractivity contribution in [2.45, 2.75) is 46.7 Å². The minimum atomic E-state index is -3.77. The molecule has 0 aromatic rings. The predicted octanol–water partition coefficient (Wildman–Crippen LogP) is 6.04. The molecule has 0 spiro atoms. The largest absolute Gasteiger partial charge is 0.406 e. The van der Waals surface area contributed by atoms with E-state index in [1.54, 1.807) is 0 Å². The van der Waals surface area contributed by atoms with E-state index >= 15 is 0 Å². The molecule has 0 amide bonds. The fraction of sp³-hybridized carbons (Fsp3) is 1.00. The lowest BCUT2D eigenvalue weighted by molar-refractivity contribution is 0.196. The Labute approximate surface area is 155 Å². The zero-order chi connectivity index (χ0) is 16.7. The molecule has 0 unspecified atom stereocenters. The van der Waals surface area contributed by atoms with Crippen LogP contribution in [0.1, 0.15) is 33.1 Å². The third-order valence-electron chi connectivity index (χ3n) is 2.27. The van der Waals surface area contributed by atoms with E-state index in [0.717, 1.165) is 12.8 Å². The van der Waals surface area contributed by atoms with E-state index in [2.05, 4.69) is 5.09 Å². The van der Waals surface area contributed by atoms with Gasteiger partial charge < -0.3 is 0 Å². The van der Waals surface area contributed by atoms with Crippen molar-refractivity contribution in [1.29, 1.82) is 0 Å². The quantitative estimate of drug-likeness (QED) is 0.349. The molecule has 0 aromatic carbocycles. The second kappa shape index (κ2) is 9.98. The zero-order valence-electron chi connectivity index (χ0n) is 11.6. The number of hydrogen-bond donors (Lipinski definition) is 1. The summed E-state index contributed by atoms with van der Waals surface area (Å²) in [6.07, 6.45) is 2.38. The van der Waals surface area contributed by atoms with Crippen LogP contribution in [0.25, 0.3) is 0 Å². The highest BCUT2D eigenvalue weighted by molar-refractivity contribution is 7.51. The summed E-state index contributed by atoms with van der Waals surface area (Å²) in [6.45, 7) is 3.08. The van der Waals surface area contributed by atoms with Crippen LogP contribution >= 0.6 is 77.4 Å². The molecule has 0 aromatic heterocycles. The molecule has 11 heteroatoms. The average Bonchev–Trinajstić information content (AvgIpc) is 2.32. The Kier molecular flexibility index (Phi) is 10.9. The van der Waals surface area contributed by atoms with Crippen molar-refractivity contribution in [3.8, 4) is 0 Å². The molecule has 0 rings (SSSR count). The van der Waals surface area contributed by atoms with Gasteiger partial charge in [-0.05, 0) is 12.8 Å². The van der Waals surface area contributed by atoms with Crippen molar-refractivity contribution in [3.63, 3.8) is 0 Å². The second-order valence-corrected chi connectivity index (χ2v) is 11.1. The number of nitrogens with one attached hydrogen (secondary N) is 1. The minimum Gasteiger partial charge on any atom is -0.292 e. The summed E-state index contributed by atoms with van der Waals surface area (Å²) in [6, 6.07) is -0.0911. The molecule has 4 nitrogen and oxygen atoms in total. The van der Waals surface area contributed by atoms with Crippen LogP contribution in [0.15, 0.2) is 0 Å². The first-order valence-corrected chi connectivity index (χ1v) is 10.0. The van der Waals surface area contributed by atoms with Crippen LogP contribution in [0.5, 0.6) is 0 Å². The third-order valence-corrected chi connectivity index (χ3v) is 4.54. The van der Waals surface area contributed by atoms with Gasteiger partial charge in [0.15, 0.2) is 0 Å². The molecule has 128 valence electrons. The fourth-order valence-corrected chi connectivity index (χ4v) is 3.85. The van der Waals surface area contributed by atoms with Crippen LogP contribution in [-0.2, 0) is 13.6 Å². The van der Waals surface area contributed by atoms with Gasteiger partial charge in [-0.3, -0.25) is 9.05 Å². The first-order chi connectivity index (χ1) is 9.41. The van der Waals surface area contributed by atoms with E-state index in [0.29, 0.717) is 6.42 Å². The first-order valence-electron chi connectivity index (χ1n) is 6.21. The first kappa shape index (κ1) is 22.9. The molecule has 0 radical (unpaired) electrons. The molecule has 1 atom stereocenters. The number of hydrogen-bond acceptors (Lipinski definition) is 3. The molecule has 0 heterocycles. The highest BCUT2D eigenvalue weighted by atomic mass is 35.6. The number of rotatable bonds is 9. The maximum atomic E-state index is 12.6. The van der Waals surface area contributed by atoms with Gasteiger partial charge in [0, 0.05) is 6.04 Å². The molecule has 21 heavy (non-hydrogen) atoms. The summed E-state index contributed by atoms with van der Waals surface area (Å²) in [4.78, 5) is 0. The topological polar surface area (TPSA) is 47.6 Å². The van der Waals surface area contributed by atoms with E-state index in [4.69, 9.17) is 78.7 Å². The smallest absolute Gasteiger partial charge is 0.292 e. The Balaban J connectivity index is 4.84. The molecule has 0 bridgehead atoms. The predicted molar refractivity (Wildman–Crippen MR) is 92.2 cm³/mol. The van der Waals surface area contributed by atoms with E-state index in [9.17, 15) is 4.57 Å². The summed E-state index contributed by atoms with van der Waals surface area (Å²) >= 11 is 33.5. The standard InChI is InChI=1S/C10H18Cl6NO3P/c1-3-5-8(4-2)17-21(18,19-6-9(11,12)13)20-7-10(14,15)16/h8H,3-7H2,1-2H3,(H,17,18)/t8-/m1/s1. The number of alkyl halides is 6. The van der Waals surface area contributed by atoms with Gasteiger partial charge in [-0.15, -0.1) is 0 Å². The maximum Gasteiger partial charge on any atom is 0.406 e. The van der Waals surface area contributed by atoms with E-state index in [1.165, 1.54) is 0 Å². The highest BCUT2D eigenvalue weighted by Crippen LogP contribution is 2.48. The molecule has 0 saturated carbocycles. The maximum absolute atomic E-state index is 12.6. The van der Waals surface area contributed by atoms with E-state index in [-0.39, 0.29) is 6.04 Å². The molecule has 0 fully saturated rings. The lowest BCUT2D eigenvalue weighted by atomic mass is 10.1. The Morgan fingerprint density at radius 2 is 1.43 bits per heavy atom. The van der Waals surface area contributed by atoms with Crippen LogP contribution < -0.4 is 5.09 Å². The summed E-state index contributed by atoms with van der Waals surface area (Å²) in [5.41, 5.74) is 0. The van der Waals surface area contributed by atoms with Gasteiger partial charge in [-0.1, -0.05) is 89.9 Å². The van der Waals surface area contributed by atoms with Crippen LogP contribution in [-0.4, -0.2) is 26.8 Å². The molecule has 1 N–H and O–H groups in total. The Morgan fingerprint density at radius 1 is 1.00 bits per heavy atom. The molecular formula is C10H18Cl6NO3P. The molecule has 0 aliphatic heterocycles. The summed E-state index contributed by atoms with van der Waals surface area (Å²) in [5.74, 6) is 0. The van der Waals surface area contributed by atoms with Crippen LogP contribution in [0, 0.1) is 0 Å². The summed E-state index contributed by atoms with van der Waals surface area (Å²) in [7, 11) is -3.77. The Hall–Kier alpha value is 1.85. The molecule has 0 aliphatic carbocycles. The van der Waals surface area contributed by atoms with Crippen LogP contribution in [0.2, 0.25) is 0 Å². The van der Waals surface area contributed by atoms with Crippen molar-refractivity contribution in [2.24, 2.45) is 0 Å². The Morgan fingerprint density at radius 3 is 1.71 bits per heavy atom. The van der Waals surface area contributed by atoms with Crippen molar-refractivity contribution in [1.82, 2.24) is 5.09 Å². The van der Waals surface area contributed by atoms with Gasteiger partial charge in [0.1, 0.15) is 13.2 Å². The van der Waals surface area contributed by atoms with Gasteiger partial charge in [-0.25, -0.2) is 9.65 Å². The summed E-state index contributed by atoms with van der Waals surface area (Å²) < 4.78 is 19.4. The van der Waals surface area contributed by atoms with Crippen molar-refractivity contribution in [2.75, 3.05) is 13.2 Å². The van der Waals surface area contributed by atoms with Gasteiger partial charge in [0.05, 0.1) is 0 Å². The Bertz CT molecular complexity index is 325. The zero-order valence-corrected chi connectivity index (χ0v) is 17.0. The van der Waals surface area contributed by atoms with E-state index < -0.39 is 28.5 Å². The second-order valence-electron chi connectivity index (χ2n) is 4.30. The molecular weight excluding hydrogens is 426 g/mol. The van der Waals surface area contributed by atoms with Crippen molar-refractivity contribution >= 4 is 77.4 Å². The molecule has 0 aliphatic rings. The van der Waals surface area contributed by atoms with Gasteiger partial charge in [0.2, 0.25) is 7.59 Å². The third kappa shape index (κ3) is 12.9. The van der Waals surface area contributed by atoms with Gasteiger partial charge in [-0.2, -0.15) is 0 Å². The van der Waals surface area contributed by atoms with Crippen molar-refractivity contribution < 1.29 is 13.6 Å². The number of halogens is 6. The lowest BCUT2D eigenvalue weighted by Gasteiger charge is -2.26. The monoisotopic (exact) mass is 441 g/mol. The van der Waals surface area contributed by atoms with Crippen LogP contribution in [0.3, 0.4) is 0 Å².